The smallest absolute Gasteiger partial charge is 0.249 e. The highest BCUT2D eigenvalue weighted by molar-refractivity contribution is 7.13. The van der Waals surface area contributed by atoms with Crippen molar-refractivity contribution in [3.8, 4) is 10.4 Å². The molecule has 1 fully saturated rings. The fraction of sp³-hybridized carbons (Fsp3) is 0.125. The Morgan fingerprint density at radius 1 is 0.889 bits per heavy atom. The number of amides is 1. The molecular formula is C24H19NOS. The number of nitrogens with two attached hydrogens (primary N) is 1. The molecule has 0 atom stereocenters. The Bertz CT molecular complexity index is 1160. The molecular weight excluding hydrogens is 350 g/mol. The summed E-state index contributed by atoms with van der Waals surface area (Å²) in [6, 6.07) is 25.2. The van der Waals surface area contributed by atoms with Gasteiger partial charge in [0.05, 0.1) is 0 Å². The summed E-state index contributed by atoms with van der Waals surface area (Å²) in [5.74, 6) is -0.351. The summed E-state index contributed by atoms with van der Waals surface area (Å²) in [6.45, 7) is 0. The maximum absolute atomic E-state index is 12.1. The van der Waals surface area contributed by atoms with Gasteiger partial charge in [-0.15, -0.1) is 11.3 Å². The monoisotopic (exact) mass is 369 g/mol. The predicted molar refractivity (Wildman–Crippen MR) is 112 cm³/mol. The van der Waals surface area contributed by atoms with Crippen LogP contribution in [-0.4, -0.2) is 5.91 Å². The molecule has 5 rings (SSSR count). The number of primary amides is 1. The van der Waals surface area contributed by atoms with Crippen molar-refractivity contribution in [2.45, 2.75) is 18.3 Å². The largest absolute Gasteiger partial charge is 0.366 e. The maximum atomic E-state index is 12.1. The SMILES string of the molecule is NC(=O)c1ccccc1C1(c2cc(-c3cccs3)cc3ccccc23)CC1. The van der Waals surface area contributed by atoms with E-state index >= 15 is 0 Å². The van der Waals surface area contributed by atoms with Crippen molar-refractivity contribution >= 4 is 28.0 Å². The zero-order valence-corrected chi connectivity index (χ0v) is 15.6. The molecule has 2 N–H and O–H groups in total. The lowest BCUT2D eigenvalue weighted by Crippen LogP contribution is -2.19. The van der Waals surface area contributed by atoms with Gasteiger partial charge in [0, 0.05) is 15.9 Å². The average Bonchev–Trinajstić information content (AvgIpc) is 3.32. The minimum Gasteiger partial charge on any atom is -0.366 e. The first kappa shape index (κ1) is 16.3. The van der Waals surface area contributed by atoms with E-state index in [1.165, 1.54) is 26.8 Å². The molecule has 0 unspecified atom stereocenters. The Hall–Kier alpha value is -2.91. The fourth-order valence-corrected chi connectivity index (χ4v) is 4.93. The van der Waals surface area contributed by atoms with Gasteiger partial charge in [-0.25, -0.2) is 0 Å². The third-order valence-corrected chi connectivity index (χ3v) is 6.56. The molecule has 132 valence electrons. The molecule has 0 spiro atoms. The number of carbonyl (C=O) groups is 1. The Kier molecular flexibility index (Phi) is 3.66. The maximum Gasteiger partial charge on any atom is 0.249 e. The van der Waals surface area contributed by atoms with Crippen molar-refractivity contribution < 1.29 is 4.79 Å². The van der Waals surface area contributed by atoms with Crippen LogP contribution in [0, 0.1) is 0 Å². The zero-order valence-electron chi connectivity index (χ0n) is 14.8. The second kappa shape index (κ2) is 6.07. The first-order valence-electron chi connectivity index (χ1n) is 9.15. The van der Waals surface area contributed by atoms with Crippen LogP contribution >= 0.6 is 11.3 Å². The Labute approximate surface area is 162 Å². The molecule has 1 saturated carbocycles. The summed E-state index contributed by atoms with van der Waals surface area (Å²) >= 11 is 1.75. The summed E-state index contributed by atoms with van der Waals surface area (Å²) in [5, 5.41) is 4.61. The van der Waals surface area contributed by atoms with Crippen LogP contribution in [-0.2, 0) is 5.41 Å². The summed E-state index contributed by atoms with van der Waals surface area (Å²) in [5.41, 5.74) is 9.81. The molecule has 0 aliphatic heterocycles. The molecule has 0 bridgehead atoms. The zero-order chi connectivity index (χ0) is 18.4. The van der Waals surface area contributed by atoms with Gasteiger partial charge < -0.3 is 5.73 Å². The molecule has 3 aromatic carbocycles. The number of hydrogen-bond donors (Lipinski definition) is 1. The molecule has 2 nitrogen and oxygen atoms in total. The lowest BCUT2D eigenvalue weighted by Gasteiger charge is -2.22. The van der Waals surface area contributed by atoms with Crippen LogP contribution in [0.3, 0.4) is 0 Å². The van der Waals surface area contributed by atoms with Gasteiger partial charge in [-0.1, -0.05) is 48.5 Å². The van der Waals surface area contributed by atoms with Crippen molar-refractivity contribution in [3.63, 3.8) is 0 Å². The lowest BCUT2D eigenvalue weighted by atomic mass is 9.81. The van der Waals surface area contributed by atoms with E-state index < -0.39 is 0 Å². The van der Waals surface area contributed by atoms with Gasteiger partial charge in [0.1, 0.15) is 0 Å². The van der Waals surface area contributed by atoms with Crippen LogP contribution in [0.4, 0.5) is 0 Å². The Balaban J connectivity index is 1.79. The molecule has 1 heterocycles. The Morgan fingerprint density at radius 2 is 1.67 bits per heavy atom. The quantitative estimate of drug-likeness (QED) is 0.489. The fourth-order valence-electron chi connectivity index (χ4n) is 4.22. The molecule has 1 aromatic heterocycles. The van der Waals surface area contributed by atoms with Crippen LogP contribution in [0.5, 0.6) is 0 Å². The van der Waals surface area contributed by atoms with Crippen LogP contribution < -0.4 is 5.73 Å². The predicted octanol–water partition coefficient (Wildman–Crippen LogP) is 5.75. The van der Waals surface area contributed by atoms with E-state index in [0.717, 1.165) is 18.4 Å². The number of benzene rings is 3. The van der Waals surface area contributed by atoms with Crippen molar-refractivity contribution in [3.05, 3.63) is 94.9 Å². The van der Waals surface area contributed by atoms with Crippen molar-refractivity contribution in [2.24, 2.45) is 5.73 Å². The third-order valence-electron chi connectivity index (χ3n) is 5.64. The molecule has 1 amide bonds. The normalized spacial score (nSPS) is 15.0. The number of fused-ring (bicyclic) bond motifs is 1. The minimum absolute atomic E-state index is 0.126. The van der Waals surface area contributed by atoms with Gasteiger partial charge in [-0.2, -0.15) is 0 Å². The molecule has 27 heavy (non-hydrogen) atoms. The first-order chi connectivity index (χ1) is 13.2. The second-order valence-corrected chi connectivity index (χ2v) is 8.16. The van der Waals surface area contributed by atoms with E-state index in [4.69, 9.17) is 5.73 Å². The van der Waals surface area contributed by atoms with Crippen LogP contribution in [0.15, 0.2) is 78.2 Å². The van der Waals surface area contributed by atoms with Crippen molar-refractivity contribution in [2.75, 3.05) is 0 Å². The summed E-state index contributed by atoms with van der Waals surface area (Å²) < 4.78 is 0. The van der Waals surface area contributed by atoms with Crippen molar-refractivity contribution in [1.29, 1.82) is 0 Å². The highest BCUT2D eigenvalue weighted by atomic mass is 32.1. The standard InChI is InChI=1S/C24H19NOS/c25-23(26)19-8-3-4-9-20(19)24(11-12-24)21-15-17(22-10-5-13-27-22)14-16-6-1-2-7-18(16)21/h1-10,13-15H,11-12H2,(H2,25,26). The van der Waals surface area contributed by atoms with Crippen LogP contribution in [0.1, 0.15) is 34.3 Å². The van der Waals surface area contributed by atoms with Crippen LogP contribution in [0.2, 0.25) is 0 Å². The second-order valence-electron chi connectivity index (χ2n) is 7.21. The number of rotatable bonds is 4. The average molecular weight is 369 g/mol. The van der Waals surface area contributed by atoms with E-state index in [1.807, 2.05) is 18.2 Å². The molecule has 3 heteroatoms. The third kappa shape index (κ3) is 2.58. The number of hydrogen-bond acceptors (Lipinski definition) is 2. The highest BCUT2D eigenvalue weighted by Gasteiger charge is 2.48. The van der Waals surface area contributed by atoms with E-state index in [9.17, 15) is 4.79 Å². The summed E-state index contributed by atoms with van der Waals surface area (Å²) in [6.07, 6.45) is 2.07. The van der Waals surface area contributed by atoms with E-state index in [1.54, 1.807) is 11.3 Å². The summed E-state index contributed by atoms with van der Waals surface area (Å²) in [4.78, 5) is 13.3. The lowest BCUT2D eigenvalue weighted by molar-refractivity contribution is 0.0999. The van der Waals surface area contributed by atoms with Gasteiger partial charge in [0.2, 0.25) is 5.91 Å². The van der Waals surface area contributed by atoms with Gasteiger partial charge in [-0.05, 0) is 69.9 Å². The topological polar surface area (TPSA) is 43.1 Å². The molecule has 1 aliphatic carbocycles. The number of carbonyl (C=O) groups excluding carboxylic acids is 1. The van der Waals surface area contributed by atoms with Gasteiger partial charge in [0.15, 0.2) is 0 Å². The van der Waals surface area contributed by atoms with E-state index in [2.05, 4.69) is 60.0 Å². The molecule has 4 aromatic rings. The van der Waals surface area contributed by atoms with Gasteiger partial charge >= 0.3 is 0 Å². The highest BCUT2D eigenvalue weighted by Crippen LogP contribution is 2.56. The molecule has 0 radical (unpaired) electrons. The molecule has 0 saturated heterocycles. The van der Waals surface area contributed by atoms with E-state index in [0.29, 0.717) is 5.56 Å². The van der Waals surface area contributed by atoms with Gasteiger partial charge in [0.25, 0.3) is 0 Å². The first-order valence-corrected chi connectivity index (χ1v) is 10.0. The Morgan fingerprint density at radius 3 is 2.41 bits per heavy atom. The summed E-state index contributed by atoms with van der Waals surface area (Å²) in [7, 11) is 0. The number of thiophene rings is 1. The molecule has 1 aliphatic rings. The van der Waals surface area contributed by atoms with Gasteiger partial charge in [-0.3, -0.25) is 4.79 Å². The minimum atomic E-state index is -0.351. The van der Waals surface area contributed by atoms with E-state index in [-0.39, 0.29) is 11.3 Å². The van der Waals surface area contributed by atoms with Crippen molar-refractivity contribution in [1.82, 2.24) is 0 Å². The van der Waals surface area contributed by atoms with Crippen LogP contribution in [0.25, 0.3) is 21.2 Å².